The standard InChI is InChI=1S/C19H19N3O2/c1-14-3-5-15(6-4-14)12-22-13-17(11-20-22)21-19(23)16-7-9-18(24-2)10-8-16/h3-11,13H,12H2,1-2H3,(H,21,23). The van der Waals surface area contributed by atoms with Crippen molar-refractivity contribution in [2.24, 2.45) is 0 Å². The Bertz CT molecular complexity index is 821. The molecule has 0 saturated carbocycles. The number of nitrogens with one attached hydrogen (secondary N) is 1. The average Bonchev–Trinajstić information content (AvgIpc) is 3.04. The number of benzene rings is 2. The molecule has 0 fully saturated rings. The van der Waals surface area contributed by atoms with E-state index in [0.717, 1.165) is 11.3 Å². The lowest BCUT2D eigenvalue weighted by Gasteiger charge is -2.04. The van der Waals surface area contributed by atoms with E-state index in [9.17, 15) is 4.79 Å². The molecule has 24 heavy (non-hydrogen) atoms. The van der Waals surface area contributed by atoms with Crippen LogP contribution in [0.3, 0.4) is 0 Å². The molecule has 1 amide bonds. The Kier molecular flexibility index (Phi) is 4.61. The summed E-state index contributed by atoms with van der Waals surface area (Å²) in [5.41, 5.74) is 3.63. The van der Waals surface area contributed by atoms with E-state index < -0.39 is 0 Å². The minimum atomic E-state index is -0.174. The third kappa shape index (κ3) is 3.81. The van der Waals surface area contributed by atoms with Gasteiger partial charge in [-0.3, -0.25) is 9.48 Å². The number of aromatic nitrogens is 2. The highest BCUT2D eigenvalue weighted by Gasteiger charge is 2.08. The van der Waals surface area contributed by atoms with E-state index in [1.165, 1.54) is 5.56 Å². The van der Waals surface area contributed by atoms with Crippen molar-refractivity contribution in [1.82, 2.24) is 9.78 Å². The van der Waals surface area contributed by atoms with E-state index in [4.69, 9.17) is 4.74 Å². The highest BCUT2D eigenvalue weighted by molar-refractivity contribution is 6.04. The maximum absolute atomic E-state index is 12.2. The minimum Gasteiger partial charge on any atom is -0.497 e. The van der Waals surface area contributed by atoms with Gasteiger partial charge in [-0.1, -0.05) is 29.8 Å². The third-order valence-corrected chi connectivity index (χ3v) is 3.71. The smallest absolute Gasteiger partial charge is 0.255 e. The monoisotopic (exact) mass is 321 g/mol. The van der Waals surface area contributed by atoms with E-state index in [-0.39, 0.29) is 5.91 Å². The van der Waals surface area contributed by atoms with Crippen LogP contribution in [0.1, 0.15) is 21.5 Å². The van der Waals surface area contributed by atoms with Gasteiger partial charge in [-0.05, 0) is 36.8 Å². The Morgan fingerprint density at radius 2 is 1.83 bits per heavy atom. The molecule has 0 bridgehead atoms. The number of anilines is 1. The molecule has 0 unspecified atom stereocenters. The average molecular weight is 321 g/mol. The van der Waals surface area contributed by atoms with Crippen LogP contribution in [0.5, 0.6) is 5.75 Å². The van der Waals surface area contributed by atoms with Crippen LogP contribution in [0.2, 0.25) is 0 Å². The van der Waals surface area contributed by atoms with Gasteiger partial charge in [-0.25, -0.2) is 0 Å². The lowest BCUT2D eigenvalue weighted by Crippen LogP contribution is -2.11. The molecule has 1 N–H and O–H groups in total. The lowest BCUT2D eigenvalue weighted by atomic mass is 10.1. The van der Waals surface area contributed by atoms with Gasteiger partial charge in [0.25, 0.3) is 5.91 Å². The Morgan fingerprint density at radius 3 is 2.50 bits per heavy atom. The van der Waals surface area contributed by atoms with Crippen LogP contribution in [0, 0.1) is 6.92 Å². The van der Waals surface area contributed by atoms with Crippen molar-refractivity contribution >= 4 is 11.6 Å². The molecule has 0 aliphatic heterocycles. The van der Waals surface area contributed by atoms with Gasteiger partial charge in [0.05, 0.1) is 25.5 Å². The lowest BCUT2D eigenvalue weighted by molar-refractivity contribution is 0.102. The Labute approximate surface area is 140 Å². The van der Waals surface area contributed by atoms with Gasteiger partial charge in [0.2, 0.25) is 0 Å². The van der Waals surface area contributed by atoms with Crippen molar-refractivity contribution in [3.05, 3.63) is 77.6 Å². The van der Waals surface area contributed by atoms with Gasteiger partial charge in [-0.2, -0.15) is 5.10 Å². The fourth-order valence-corrected chi connectivity index (χ4v) is 2.34. The molecule has 3 rings (SSSR count). The summed E-state index contributed by atoms with van der Waals surface area (Å²) in [6, 6.07) is 15.3. The number of amides is 1. The second-order valence-corrected chi connectivity index (χ2v) is 5.59. The van der Waals surface area contributed by atoms with Crippen molar-refractivity contribution in [3.63, 3.8) is 0 Å². The highest BCUT2D eigenvalue weighted by atomic mass is 16.5. The third-order valence-electron chi connectivity index (χ3n) is 3.71. The second kappa shape index (κ2) is 7.00. The topological polar surface area (TPSA) is 56.1 Å². The number of nitrogens with zero attached hydrogens (tertiary/aromatic N) is 2. The molecule has 5 nitrogen and oxygen atoms in total. The number of rotatable bonds is 5. The first-order valence-corrected chi connectivity index (χ1v) is 7.67. The molecule has 3 aromatic rings. The van der Waals surface area contributed by atoms with Crippen molar-refractivity contribution in [1.29, 1.82) is 0 Å². The van der Waals surface area contributed by atoms with Crippen LogP contribution in [-0.4, -0.2) is 22.8 Å². The van der Waals surface area contributed by atoms with Crippen LogP contribution in [-0.2, 0) is 6.54 Å². The number of methoxy groups -OCH3 is 1. The fraction of sp³-hybridized carbons (Fsp3) is 0.158. The molecule has 0 aliphatic carbocycles. The van der Waals surface area contributed by atoms with E-state index in [1.54, 1.807) is 42.3 Å². The zero-order valence-corrected chi connectivity index (χ0v) is 13.7. The van der Waals surface area contributed by atoms with Gasteiger partial charge in [0, 0.05) is 11.8 Å². The summed E-state index contributed by atoms with van der Waals surface area (Å²) in [5.74, 6) is 0.546. The van der Waals surface area contributed by atoms with Crippen LogP contribution < -0.4 is 10.1 Å². The SMILES string of the molecule is COc1ccc(C(=O)Nc2cnn(Cc3ccc(C)cc3)c2)cc1. The summed E-state index contributed by atoms with van der Waals surface area (Å²) in [4.78, 5) is 12.2. The molecule has 0 atom stereocenters. The number of carbonyl (C=O) groups is 1. The Morgan fingerprint density at radius 1 is 1.12 bits per heavy atom. The Hall–Kier alpha value is -3.08. The van der Waals surface area contributed by atoms with Crippen LogP contribution >= 0.6 is 0 Å². The summed E-state index contributed by atoms with van der Waals surface area (Å²) in [5, 5.41) is 7.14. The van der Waals surface area contributed by atoms with Crippen LogP contribution in [0.25, 0.3) is 0 Å². The molecule has 0 spiro atoms. The van der Waals surface area contributed by atoms with Crippen LogP contribution in [0.4, 0.5) is 5.69 Å². The molecule has 0 saturated heterocycles. The maximum Gasteiger partial charge on any atom is 0.255 e. The maximum atomic E-state index is 12.2. The van der Waals surface area contributed by atoms with Crippen LogP contribution in [0.15, 0.2) is 60.9 Å². The molecular formula is C19H19N3O2. The number of hydrogen-bond donors (Lipinski definition) is 1. The number of carbonyl (C=O) groups excluding carboxylic acids is 1. The van der Waals surface area contributed by atoms with Gasteiger partial charge in [0.15, 0.2) is 0 Å². The quantitative estimate of drug-likeness (QED) is 0.782. The zero-order valence-electron chi connectivity index (χ0n) is 13.7. The molecule has 0 radical (unpaired) electrons. The van der Waals surface area contributed by atoms with E-state index in [2.05, 4.69) is 41.6 Å². The largest absolute Gasteiger partial charge is 0.497 e. The molecule has 1 aromatic heterocycles. The molecule has 5 heteroatoms. The Balaban J connectivity index is 1.64. The van der Waals surface area contributed by atoms with Gasteiger partial charge < -0.3 is 10.1 Å². The number of hydrogen-bond acceptors (Lipinski definition) is 3. The number of ether oxygens (including phenoxy) is 1. The predicted octanol–water partition coefficient (Wildman–Crippen LogP) is 3.50. The number of aryl methyl sites for hydroxylation is 1. The second-order valence-electron chi connectivity index (χ2n) is 5.59. The van der Waals surface area contributed by atoms with E-state index in [0.29, 0.717) is 17.8 Å². The summed E-state index contributed by atoms with van der Waals surface area (Å²) in [7, 11) is 1.59. The predicted molar refractivity (Wildman–Crippen MR) is 93.5 cm³/mol. The normalized spacial score (nSPS) is 10.4. The minimum absolute atomic E-state index is 0.174. The zero-order chi connectivity index (χ0) is 16.9. The fourth-order valence-electron chi connectivity index (χ4n) is 2.34. The van der Waals surface area contributed by atoms with Crippen molar-refractivity contribution < 1.29 is 9.53 Å². The molecule has 2 aromatic carbocycles. The first-order valence-electron chi connectivity index (χ1n) is 7.67. The van der Waals surface area contributed by atoms with Gasteiger partial charge in [0.1, 0.15) is 5.75 Å². The first-order chi connectivity index (χ1) is 11.6. The molecular weight excluding hydrogens is 302 g/mol. The van der Waals surface area contributed by atoms with Crippen molar-refractivity contribution in [2.75, 3.05) is 12.4 Å². The highest BCUT2D eigenvalue weighted by Crippen LogP contribution is 2.14. The van der Waals surface area contributed by atoms with E-state index in [1.807, 2.05) is 6.20 Å². The summed E-state index contributed by atoms with van der Waals surface area (Å²) >= 11 is 0. The van der Waals surface area contributed by atoms with Gasteiger partial charge >= 0.3 is 0 Å². The molecule has 0 aliphatic rings. The summed E-state index contributed by atoms with van der Waals surface area (Å²) in [6.07, 6.45) is 3.47. The van der Waals surface area contributed by atoms with Crippen molar-refractivity contribution in [3.8, 4) is 5.75 Å². The summed E-state index contributed by atoms with van der Waals surface area (Å²) < 4.78 is 6.89. The van der Waals surface area contributed by atoms with Crippen molar-refractivity contribution in [2.45, 2.75) is 13.5 Å². The van der Waals surface area contributed by atoms with Gasteiger partial charge in [-0.15, -0.1) is 0 Å². The molecule has 122 valence electrons. The summed E-state index contributed by atoms with van der Waals surface area (Å²) in [6.45, 7) is 2.73. The van der Waals surface area contributed by atoms with E-state index >= 15 is 0 Å². The first kappa shape index (κ1) is 15.8. The molecule has 1 heterocycles.